The van der Waals surface area contributed by atoms with Crippen molar-refractivity contribution in [2.24, 2.45) is 0 Å². The molecule has 0 saturated carbocycles. The number of hydrogen-bond donors (Lipinski definition) is 1. The van der Waals surface area contributed by atoms with E-state index in [0.29, 0.717) is 28.6 Å². The fourth-order valence-corrected chi connectivity index (χ4v) is 3.44. The van der Waals surface area contributed by atoms with Crippen molar-refractivity contribution >= 4 is 29.3 Å². The van der Waals surface area contributed by atoms with Crippen LogP contribution in [-0.4, -0.2) is 18.2 Å². The van der Waals surface area contributed by atoms with Gasteiger partial charge in [0.05, 0.1) is 5.75 Å². The van der Waals surface area contributed by atoms with Gasteiger partial charge in [-0.2, -0.15) is 0 Å². The first-order valence-corrected chi connectivity index (χ1v) is 9.42. The summed E-state index contributed by atoms with van der Waals surface area (Å²) < 4.78 is 13.6. The van der Waals surface area contributed by atoms with E-state index in [1.807, 2.05) is 0 Å². The molecule has 2 aromatic carbocycles. The zero-order valence-electron chi connectivity index (χ0n) is 13.6. The molecule has 0 fully saturated rings. The van der Waals surface area contributed by atoms with Gasteiger partial charge < -0.3 is 5.32 Å². The standard InChI is InChI=1S/C19H21ClFNOS/c1-14-7-9-15(10-8-14)4-3-11-22-19(23)13-24-12-16-17(20)5-2-6-18(16)21/h2,5-10H,3-4,11-13H2,1H3,(H,22,23). The Morgan fingerprint density at radius 2 is 1.96 bits per heavy atom. The highest BCUT2D eigenvalue weighted by molar-refractivity contribution is 7.99. The fourth-order valence-electron chi connectivity index (χ4n) is 2.24. The number of benzene rings is 2. The van der Waals surface area contributed by atoms with Crippen LogP contribution in [-0.2, 0) is 17.0 Å². The quantitative estimate of drug-likeness (QED) is 0.683. The van der Waals surface area contributed by atoms with E-state index in [1.54, 1.807) is 12.1 Å². The Morgan fingerprint density at radius 1 is 1.21 bits per heavy atom. The smallest absolute Gasteiger partial charge is 0.230 e. The number of halogens is 2. The molecule has 2 nitrogen and oxygen atoms in total. The zero-order valence-corrected chi connectivity index (χ0v) is 15.2. The van der Waals surface area contributed by atoms with Crippen LogP contribution in [0.3, 0.4) is 0 Å². The Labute approximate surface area is 151 Å². The van der Waals surface area contributed by atoms with Crippen LogP contribution >= 0.6 is 23.4 Å². The maximum atomic E-state index is 13.6. The molecular weight excluding hydrogens is 345 g/mol. The van der Waals surface area contributed by atoms with Gasteiger partial charge in [0.25, 0.3) is 0 Å². The summed E-state index contributed by atoms with van der Waals surface area (Å²) in [5.74, 6) is 0.335. The largest absolute Gasteiger partial charge is 0.355 e. The lowest BCUT2D eigenvalue weighted by Gasteiger charge is -2.07. The van der Waals surface area contributed by atoms with Crippen molar-refractivity contribution in [2.45, 2.75) is 25.5 Å². The number of carbonyl (C=O) groups excluding carboxylic acids is 1. The minimum Gasteiger partial charge on any atom is -0.355 e. The van der Waals surface area contributed by atoms with Gasteiger partial charge in [0.15, 0.2) is 0 Å². The van der Waals surface area contributed by atoms with E-state index >= 15 is 0 Å². The van der Waals surface area contributed by atoms with Gasteiger partial charge >= 0.3 is 0 Å². The summed E-state index contributed by atoms with van der Waals surface area (Å²) in [6.07, 6.45) is 1.84. The predicted molar refractivity (Wildman–Crippen MR) is 100 cm³/mol. The van der Waals surface area contributed by atoms with Gasteiger partial charge in [-0.1, -0.05) is 47.5 Å². The Morgan fingerprint density at radius 3 is 2.67 bits per heavy atom. The molecule has 0 radical (unpaired) electrons. The van der Waals surface area contributed by atoms with Crippen molar-refractivity contribution in [1.82, 2.24) is 5.32 Å². The molecule has 0 aromatic heterocycles. The highest BCUT2D eigenvalue weighted by Gasteiger charge is 2.08. The molecule has 2 rings (SSSR count). The van der Waals surface area contributed by atoms with Crippen molar-refractivity contribution in [3.8, 4) is 0 Å². The lowest BCUT2D eigenvalue weighted by Crippen LogP contribution is -2.26. The summed E-state index contributed by atoms with van der Waals surface area (Å²) in [4.78, 5) is 11.8. The third kappa shape index (κ3) is 6.17. The molecular formula is C19H21ClFNOS. The summed E-state index contributed by atoms with van der Waals surface area (Å²) in [7, 11) is 0. The molecule has 1 N–H and O–H groups in total. The molecule has 0 unspecified atom stereocenters. The molecule has 0 saturated heterocycles. The number of carbonyl (C=O) groups is 1. The first-order valence-electron chi connectivity index (χ1n) is 7.89. The normalized spacial score (nSPS) is 10.6. The molecule has 24 heavy (non-hydrogen) atoms. The molecule has 128 valence electrons. The van der Waals surface area contributed by atoms with Crippen LogP contribution in [0, 0.1) is 12.7 Å². The monoisotopic (exact) mass is 365 g/mol. The van der Waals surface area contributed by atoms with Crippen LogP contribution in [0.1, 0.15) is 23.1 Å². The zero-order chi connectivity index (χ0) is 17.4. The average molecular weight is 366 g/mol. The Kier molecular flexibility index (Phi) is 7.60. The van der Waals surface area contributed by atoms with Gasteiger partial charge in [0.1, 0.15) is 5.82 Å². The molecule has 0 bridgehead atoms. The molecule has 0 heterocycles. The van der Waals surface area contributed by atoms with Crippen molar-refractivity contribution in [2.75, 3.05) is 12.3 Å². The van der Waals surface area contributed by atoms with Crippen molar-refractivity contribution in [3.05, 3.63) is 70.0 Å². The SMILES string of the molecule is Cc1ccc(CCCNC(=O)CSCc2c(F)cccc2Cl)cc1. The maximum Gasteiger partial charge on any atom is 0.230 e. The Bertz CT molecular complexity index is 655. The third-order valence-corrected chi connectivity index (χ3v) is 4.94. The highest BCUT2D eigenvalue weighted by atomic mass is 35.5. The van der Waals surface area contributed by atoms with Gasteiger partial charge in [-0.15, -0.1) is 11.8 Å². The molecule has 0 spiro atoms. The van der Waals surface area contributed by atoms with Crippen LogP contribution in [0.5, 0.6) is 0 Å². The predicted octanol–water partition coefficient (Wildman–Crippen LogP) is 4.77. The van der Waals surface area contributed by atoms with Crippen LogP contribution in [0.15, 0.2) is 42.5 Å². The second-order valence-corrected chi connectivity index (χ2v) is 7.02. The van der Waals surface area contributed by atoms with Crippen LogP contribution in [0.2, 0.25) is 5.02 Å². The molecule has 0 aliphatic rings. The van der Waals surface area contributed by atoms with Gasteiger partial charge in [-0.05, 0) is 37.5 Å². The highest BCUT2D eigenvalue weighted by Crippen LogP contribution is 2.23. The van der Waals surface area contributed by atoms with Crippen LogP contribution in [0.25, 0.3) is 0 Å². The van der Waals surface area contributed by atoms with E-state index in [0.717, 1.165) is 12.8 Å². The number of rotatable bonds is 8. The number of hydrogen-bond acceptors (Lipinski definition) is 2. The van der Waals surface area contributed by atoms with Gasteiger partial charge in [0.2, 0.25) is 5.91 Å². The first kappa shape index (κ1) is 18.8. The van der Waals surface area contributed by atoms with E-state index < -0.39 is 0 Å². The fraction of sp³-hybridized carbons (Fsp3) is 0.316. The van der Waals surface area contributed by atoms with Crippen LogP contribution < -0.4 is 5.32 Å². The topological polar surface area (TPSA) is 29.1 Å². The van der Waals surface area contributed by atoms with E-state index in [2.05, 4.69) is 36.5 Å². The summed E-state index contributed by atoms with van der Waals surface area (Å²) in [6, 6.07) is 13.0. The third-order valence-electron chi connectivity index (χ3n) is 3.63. The minimum absolute atomic E-state index is 0.0311. The van der Waals surface area contributed by atoms with E-state index in [-0.39, 0.29) is 11.7 Å². The van der Waals surface area contributed by atoms with E-state index in [9.17, 15) is 9.18 Å². The van der Waals surface area contributed by atoms with Crippen molar-refractivity contribution in [1.29, 1.82) is 0 Å². The Balaban J connectivity index is 1.62. The number of aryl methyl sites for hydroxylation is 2. The lowest BCUT2D eigenvalue weighted by molar-refractivity contribution is -0.118. The second kappa shape index (κ2) is 9.70. The summed E-state index contributed by atoms with van der Waals surface area (Å²) in [5.41, 5.74) is 2.98. The summed E-state index contributed by atoms with van der Waals surface area (Å²) in [5, 5.41) is 3.30. The summed E-state index contributed by atoms with van der Waals surface area (Å²) >= 11 is 7.32. The maximum absolute atomic E-state index is 13.6. The molecule has 5 heteroatoms. The molecule has 0 aliphatic carbocycles. The number of amides is 1. The molecule has 2 aromatic rings. The van der Waals surface area contributed by atoms with Crippen molar-refractivity contribution in [3.63, 3.8) is 0 Å². The summed E-state index contributed by atoms with van der Waals surface area (Å²) in [6.45, 7) is 2.71. The molecule has 0 atom stereocenters. The Hall–Kier alpha value is -1.52. The van der Waals surface area contributed by atoms with Crippen molar-refractivity contribution < 1.29 is 9.18 Å². The molecule has 1 amide bonds. The number of nitrogens with one attached hydrogen (secondary N) is 1. The molecule has 0 aliphatic heterocycles. The van der Waals surface area contributed by atoms with Gasteiger partial charge in [-0.25, -0.2) is 4.39 Å². The average Bonchev–Trinajstić information content (AvgIpc) is 2.56. The number of thioether (sulfide) groups is 1. The second-order valence-electron chi connectivity index (χ2n) is 5.63. The minimum atomic E-state index is -0.325. The lowest BCUT2D eigenvalue weighted by atomic mass is 10.1. The van der Waals surface area contributed by atoms with Gasteiger partial charge in [0, 0.05) is 22.9 Å². The van der Waals surface area contributed by atoms with Crippen LogP contribution in [0.4, 0.5) is 4.39 Å². The first-order chi connectivity index (χ1) is 11.6. The van der Waals surface area contributed by atoms with Gasteiger partial charge in [-0.3, -0.25) is 4.79 Å². The van der Waals surface area contributed by atoms with E-state index in [4.69, 9.17) is 11.6 Å². The van der Waals surface area contributed by atoms with E-state index in [1.165, 1.54) is 29.0 Å².